The summed E-state index contributed by atoms with van der Waals surface area (Å²) in [4.78, 5) is 48.5. The fourth-order valence-corrected chi connectivity index (χ4v) is 4.45. The topological polar surface area (TPSA) is 134 Å². The van der Waals surface area contributed by atoms with Gasteiger partial charge in [0.1, 0.15) is 5.75 Å². The van der Waals surface area contributed by atoms with Gasteiger partial charge >= 0.3 is 11.9 Å². The fourth-order valence-electron chi connectivity index (χ4n) is 4.45. The number of esters is 1. The third-order valence-electron chi connectivity index (χ3n) is 7.19. The van der Waals surface area contributed by atoms with E-state index in [4.69, 9.17) is 9.84 Å². The van der Waals surface area contributed by atoms with E-state index in [2.05, 4.69) is 83.2 Å². The average Bonchev–Trinajstić information content (AvgIpc) is 3.11. The number of carboxylic acid groups (broad SMARTS) is 1. The largest absolute Gasteiger partial charge is 0.481 e. The maximum absolute atomic E-state index is 13.0. The molecular weight excluding hydrogens is 630 g/mol. The van der Waals surface area contributed by atoms with Crippen LogP contribution in [0.25, 0.3) is 0 Å². The first-order valence-corrected chi connectivity index (χ1v) is 17.5. The molecule has 0 bridgehead atoms. The predicted molar refractivity (Wildman–Crippen MR) is 199 cm³/mol. The molecule has 0 aromatic heterocycles. The molecule has 1 amide bonds. The van der Waals surface area contributed by atoms with E-state index in [0.717, 1.165) is 44.9 Å². The van der Waals surface area contributed by atoms with Crippen LogP contribution in [0.1, 0.15) is 112 Å². The van der Waals surface area contributed by atoms with Crippen molar-refractivity contribution in [2.75, 3.05) is 6.54 Å². The number of rotatable bonds is 24. The molecule has 0 aliphatic heterocycles. The van der Waals surface area contributed by atoms with Gasteiger partial charge in [-0.05, 0) is 93.8 Å². The number of aliphatic carboxylic acids is 1. The summed E-state index contributed by atoms with van der Waals surface area (Å²) >= 11 is 0. The molecule has 9 heteroatoms. The highest BCUT2D eigenvalue weighted by molar-refractivity contribution is 6.00. The minimum Gasteiger partial charge on any atom is -0.481 e. The number of hydrogen-bond acceptors (Lipinski definition) is 7. The molecule has 0 fully saturated rings. The Bertz CT molecular complexity index is 1530. The highest BCUT2D eigenvalue weighted by atomic mass is 16.5. The van der Waals surface area contributed by atoms with Gasteiger partial charge in [0, 0.05) is 24.9 Å². The zero-order valence-electron chi connectivity index (χ0n) is 29.4. The highest BCUT2D eigenvalue weighted by Crippen LogP contribution is 2.28. The fraction of sp³-hybridized carbons (Fsp3) is 0.366. The number of ketones is 1. The van der Waals surface area contributed by atoms with Crippen LogP contribution in [-0.2, 0) is 9.59 Å². The highest BCUT2D eigenvalue weighted by Gasteiger charge is 2.16. The number of nitrogens with zero attached hydrogens (tertiary/aromatic N) is 2. The van der Waals surface area contributed by atoms with E-state index in [-0.39, 0.29) is 42.4 Å². The lowest BCUT2D eigenvalue weighted by Crippen LogP contribution is -2.25. The van der Waals surface area contributed by atoms with Crippen LogP contribution >= 0.6 is 0 Å². The summed E-state index contributed by atoms with van der Waals surface area (Å²) < 4.78 is 5.62. The number of unbranched alkanes of at least 4 members (excludes halogenated alkanes) is 2. The van der Waals surface area contributed by atoms with Crippen molar-refractivity contribution in [3.8, 4) is 5.75 Å². The van der Waals surface area contributed by atoms with Crippen molar-refractivity contribution < 1.29 is 29.0 Å². The molecule has 0 unspecified atom stereocenters. The third-order valence-corrected chi connectivity index (χ3v) is 7.19. The number of carboxylic acids is 1. The zero-order chi connectivity index (χ0) is 36.2. The molecule has 2 aromatic rings. The van der Waals surface area contributed by atoms with Gasteiger partial charge in [-0.25, -0.2) is 0 Å². The summed E-state index contributed by atoms with van der Waals surface area (Å²) in [5.74, 6) is -1.70. The third kappa shape index (κ3) is 18.4. The summed E-state index contributed by atoms with van der Waals surface area (Å²) in [6.07, 6.45) is 29.6. The summed E-state index contributed by atoms with van der Waals surface area (Å²) in [7, 11) is 0. The molecule has 0 atom stereocenters. The van der Waals surface area contributed by atoms with Gasteiger partial charge < -0.3 is 15.2 Å². The van der Waals surface area contributed by atoms with Crippen molar-refractivity contribution in [3.63, 3.8) is 0 Å². The second-order valence-electron chi connectivity index (χ2n) is 11.4. The van der Waals surface area contributed by atoms with Crippen molar-refractivity contribution in [2.24, 2.45) is 10.2 Å². The number of nitrogens with one attached hydrogen (secondary N) is 1. The number of carbonyl (C=O) groups excluding carboxylic acids is 3. The molecule has 0 aliphatic carbocycles. The molecule has 9 nitrogen and oxygen atoms in total. The minimum atomic E-state index is -0.990. The second-order valence-corrected chi connectivity index (χ2v) is 11.4. The van der Waals surface area contributed by atoms with Gasteiger partial charge in [-0.15, -0.1) is 0 Å². The molecule has 2 rings (SSSR count). The molecule has 0 saturated heterocycles. The van der Waals surface area contributed by atoms with Crippen LogP contribution in [0.2, 0.25) is 0 Å². The predicted octanol–water partition coefficient (Wildman–Crippen LogP) is 10.5. The Morgan fingerprint density at radius 2 is 1.28 bits per heavy atom. The van der Waals surface area contributed by atoms with E-state index in [1.165, 1.54) is 0 Å². The van der Waals surface area contributed by atoms with E-state index in [1.807, 2.05) is 6.92 Å². The Labute approximate surface area is 296 Å². The first kappa shape index (κ1) is 41.0. The molecule has 0 heterocycles. The van der Waals surface area contributed by atoms with Crippen molar-refractivity contribution in [1.82, 2.24) is 5.32 Å². The number of amides is 1. The van der Waals surface area contributed by atoms with Gasteiger partial charge in [0.25, 0.3) is 5.91 Å². The Morgan fingerprint density at radius 3 is 1.88 bits per heavy atom. The monoisotopic (exact) mass is 681 g/mol. The summed E-state index contributed by atoms with van der Waals surface area (Å²) in [6.45, 7) is 4.17. The zero-order valence-corrected chi connectivity index (χ0v) is 29.4. The van der Waals surface area contributed by atoms with Crippen molar-refractivity contribution >= 4 is 35.0 Å². The van der Waals surface area contributed by atoms with Crippen LogP contribution in [0.4, 0.5) is 11.4 Å². The summed E-state index contributed by atoms with van der Waals surface area (Å²) in [5, 5.41) is 19.7. The number of azo groups is 1. The van der Waals surface area contributed by atoms with Crippen molar-refractivity contribution in [1.29, 1.82) is 0 Å². The van der Waals surface area contributed by atoms with Crippen molar-refractivity contribution in [2.45, 2.75) is 90.9 Å². The lowest BCUT2D eigenvalue weighted by Gasteiger charge is -2.10. The van der Waals surface area contributed by atoms with Gasteiger partial charge in [-0.1, -0.05) is 81.0 Å². The quantitative estimate of drug-likeness (QED) is 0.0283. The first-order chi connectivity index (χ1) is 24.3. The van der Waals surface area contributed by atoms with Gasteiger partial charge in [0.05, 0.1) is 23.4 Å². The normalized spacial score (nSPS) is 12.0. The smallest absolute Gasteiger partial charge is 0.311 e. The van der Waals surface area contributed by atoms with E-state index >= 15 is 0 Å². The lowest BCUT2D eigenvalue weighted by molar-refractivity contribution is -0.137. The van der Waals surface area contributed by atoms with E-state index < -0.39 is 11.9 Å². The minimum absolute atomic E-state index is 0.0331. The van der Waals surface area contributed by atoms with E-state index in [1.54, 1.807) is 42.5 Å². The first-order valence-electron chi connectivity index (χ1n) is 17.5. The Kier molecular flexibility index (Phi) is 21.1. The van der Waals surface area contributed by atoms with E-state index in [9.17, 15) is 19.2 Å². The van der Waals surface area contributed by atoms with Crippen LogP contribution in [0.5, 0.6) is 5.75 Å². The Morgan fingerprint density at radius 1 is 0.700 bits per heavy atom. The number of benzene rings is 2. The number of allylic oxidation sites excluding steroid dienone is 10. The van der Waals surface area contributed by atoms with Crippen LogP contribution in [0, 0.1) is 0 Å². The van der Waals surface area contributed by atoms with Crippen LogP contribution in [0.3, 0.4) is 0 Å². The van der Waals surface area contributed by atoms with Crippen LogP contribution in [-0.4, -0.2) is 35.3 Å². The Hall–Kier alpha value is -5.18. The molecule has 2 N–H and O–H groups in total. The molecular formula is C41H51N3O6. The maximum atomic E-state index is 13.0. The molecule has 0 radical (unpaired) electrons. The van der Waals surface area contributed by atoms with Crippen LogP contribution < -0.4 is 10.1 Å². The van der Waals surface area contributed by atoms with Gasteiger partial charge in [0.15, 0.2) is 5.78 Å². The molecule has 0 spiro atoms. The summed E-state index contributed by atoms with van der Waals surface area (Å²) in [5.41, 5.74) is 1.55. The summed E-state index contributed by atoms with van der Waals surface area (Å²) in [6, 6.07) is 11.1. The molecule has 0 saturated carbocycles. The number of carbonyl (C=O) groups is 4. The molecule has 2 aromatic carbocycles. The standard InChI is InChI=1S/C41H51N3O6/c1-3-5-7-8-9-10-11-12-13-14-15-16-17-18-19-20-21-23-40(48)50-38-29-28-35(32-36(38)37(45)22-6-4-2)44-43-34-26-24-33(25-27-34)41(49)42-31-30-39(46)47/h5,7,9-10,12-13,15-16,18-19,24-29,32H,3-4,6,8,11,14,17,20-23,30-31H2,1-2H3,(H,42,49)(H,46,47)/b7-5-,10-9-,13-12-,16-15-,19-18-,44-43?. The number of Topliss-reactive ketones (excluding diaryl/α,β-unsaturated/α-hetero) is 1. The van der Waals surface area contributed by atoms with Crippen LogP contribution in [0.15, 0.2) is 113 Å². The molecule has 0 aliphatic rings. The lowest BCUT2D eigenvalue weighted by atomic mass is 10.0. The van der Waals surface area contributed by atoms with E-state index in [0.29, 0.717) is 36.2 Å². The second kappa shape index (κ2) is 25.8. The van der Waals surface area contributed by atoms with Crippen molar-refractivity contribution in [3.05, 3.63) is 114 Å². The maximum Gasteiger partial charge on any atom is 0.311 e. The number of hydrogen-bond donors (Lipinski definition) is 2. The SMILES string of the molecule is CC/C=C\C/C=C\C/C=C\C/C=C\C/C=C\CCCC(=O)Oc1ccc(N=Nc2ccc(C(=O)NCCC(=O)O)cc2)cc1C(=O)CCCC. The van der Waals surface area contributed by atoms with Gasteiger partial charge in [0.2, 0.25) is 0 Å². The molecule has 50 heavy (non-hydrogen) atoms. The number of ether oxygens (including phenoxy) is 1. The van der Waals surface area contributed by atoms with Gasteiger partial charge in [-0.3, -0.25) is 19.2 Å². The molecule has 266 valence electrons. The average molecular weight is 682 g/mol. The van der Waals surface area contributed by atoms with Gasteiger partial charge in [-0.2, -0.15) is 10.2 Å². The Balaban J connectivity index is 1.84.